The average Bonchev–Trinajstić information content (AvgIpc) is 3.72. The van der Waals surface area contributed by atoms with Crippen LogP contribution in [-0.2, 0) is 57.1 Å². The predicted octanol–water partition coefficient (Wildman–Crippen LogP) is 8.94. The minimum absolute atomic E-state index is 0.0198. The predicted molar refractivity (Wildman–Crippen MR) is 286 cm³/mol. The molecule has 5 aliphatic rings. The zero-order valence-corrected chi connectivity index (χ0v) is 47.8. The lowest BCUT2D eigenvalue weighted by molar-refractivity contribution is -0.265. The number of allylic oxidation sites excluding steroid dienone is 6. The van der Waals surface area contributed by atoms with Gasteiger partial charge in [-0.25, -0.2) is 4.79 Å². The molecule has 0 radical (unpaired) electrons. The Labute approximate surface area is 448 Å². The van der Waals surface area contributed by atoms with Crippen molar-refractivity contribution in [3.05, 3.63) is 47.6 Å². The van der Waals surface area contributed by atoms with Gasteiger partial charge < -0.3 is 48.3 Å². The summed E-state index contributed by atoms with van der Waals surface area (Å²) in [6.07, 6.45) is 15.1. The first-order valence-corrected chi connectivity index (χ1v) is 28.4. The molecule has 8 unspecified atom stereocenters. The first-order valence-electron chi connectivity index (χ1n) is 28.4. The summed E-state index contributed by atoms with van der Waals surface area (Å²) in [5, 5.41) is 23.7. The number of carbonyl (C=O) groups is 5. The third-order valence-electron chi connectivity index (χ3n) is 17.6. The van der Waals surface area contributed by atoms with Gasteiger partial charge in [0, 0.05) is 64.9 Å². The topological polar surface area (TPSA) is 194 Å². The second-order valence-corrected chi connectivity index (χ2v) is 23.2. The first-order chi connectivity index (χ1) is 35.5. The van der Waals surface area contributed by atoms with Crippen LogP contribution in [0.2, 0.25) is 0 Å². The van der Waals surface area contributed by atoms with Crippen molar-refractivity contribution in [3.8, 4) is 0 Å². The van der Waals surface area contributed by atoms with Crippen LogP contribution in [0, 0.1) is 35.5 Å². The van der Waals surface area contributed by atoms with Crippen molar-refractivity contribution in [2.75, 3.05) is 27.9 Å². The Morgan fingerprint density at radius 1 is 0.840 bits per heavy atom. The third kappa shape index (κ3) is 15.9. The molecule has 0 spiro atoms. The highest BCUT2D eigenvalue weighted by Gasteiger charge is 2.53. The molecule has 424 valence electrons. The summed E-state index contributed by atoms with van der Waals surface area (Å²) < 4.78 is 43.5. The number of piperidine rings is 1. The number of amides is 1. The highest BCUT2D eigenvalue weighted by Crippen LogP contribution is 2.42. The molecule has 2 bridgehead atoms. The molecule has 1 aliphatic carbocycles. The van der Waals surface area contributed by atoms with Crippen LogP contribution in [0.1, 0.15) is 166 Å². The van der Waals surface area contributed by atoms with Crippen LogP contribution in [0.4, 0.5) is 0 Å². The molecule has 18 atom stereocenters. The van der Waals surface area contributed by atoms with Crippen molar-refractivity contribution in [1.82, 2.24) is 4.90 Å². The van der Waals surface area contributed by atoms with Crippen LogP contribution in [0.25, 0.3) is 0 Å². The lowest BCUT2D eigenvalue weighted by Gasteiger charge is -2.42. The average molecular weight is 1050 g/mol. The second kappa shape index (κ2) is 28.5. The number of ether oxygens (including phenoxy) is 7. The Hall–Kier alpha value is -3.41. The van der Waals surface area contributed by atoms with E-state index in [-0.39, 0.29) is 78.7 Å². The highest BCUT2D eigenvalue weighted by atomic mass is 16.6. The van der Waals surface area contributed by atoms with Gasteiger partial charge in [0.25, 0.3) is 11.7 Å². The molecule has 0 aromatic heterocycles. The number of methoxy groups -OCH3 is 3. The number of nitrogens with zero attached hydrogens (tertiary/aromatic N) is 1. The molecule has 75 heavy (non-hydrogen) atoms. The summed E-state index contributed by atoms with van der Waals surface area (Å²) in [6.45, 7) is 19.3. The Morgan fingerprint density at radius 3 is 2.24 bits per heavy atom. The first kappa shape index (κ1) is 62.4. The van der Waals surface area contributed by atoms with Gasteiger partial charge in [-0.2, -0.15) is 0 Å². The van der Waals surface area contributed by atoms with E-state index < -0.39 is 77.8 Å². The SMILES string of the molecule is CCC1CC(OC2CCC(C[C@H](C)[C@@H]3CC(=O)/C(C)=C/C(C)C(O)[C@@H](OC)C(=O)[C@H](C)C[C@H](C)C=CC=CC=C(C)[C@@H](OC)C[C@@H]4CC[C@@H](C)[C@@](O)(O4)C(=O)C(=O)N4CCCC[C@H]4C(=O)O3)CC2OC)C(C)(CC)O1. The molecular formula is C60H95NO14. The maximum atomic E-state index is 14.7. The van der Waals surface area contributed by atoms with Crippen molar-refractivity contribution in [2.24, 2.45) is 35.5 Å². The molecule has 5 rings (SSSR count). The van der Waals surface area contributed by atoms with Gasteiger partial charge in [0.15, 0.2) is 11.6 Å². The van der Waals surface area contributed by atoms with Crippen LogP contribution in [0.15, 0.2) is 47.6 Å². The summed E-state index contributed by atoms with van der Waals surface area (Å²) in [4.78, 5) is 72.9. The molecule has 1 saturated carbocycles. The van der Waals surface area contributed by atoms with Gasteiger partial charge in [0.1, 0.15) is 18.2 Å². The van der Waals surface area contributed by atoms with Gasteiger partial charge in [-0.1, -0.05) is 84.9 Å². The Kier molecular flexibility index (Phi) is 23.7. The van der Waals surface area contributed by atoms with Crippen molar-refractivity contribution >= 4 is 29.2 Å². The zero-order valence-electron chi connectivity index (χ0n) is 47.8. The van der Waals surface area contributed by atoms with Crippen LogP contribution in [0.3, 0.4) is 0 Å². The van der Waals surface area contributed by atoms with Crippen molar-refractivity contribution in [1.29, 1.82) is 0 Å². The Bertz CT molecular complexity index is 2050. The van der Waals surface area contributed by atoms with Crippen molar-refractivity contribution < 1.29 is 67.3 Å². The van der Waals surface area contributed by atoms with Gasteiger partial charge in [-0.15, -0.1) is 0 Å². The van der Waals surface area contributed by atoms with E-state index in [2.05, 4.69) is 20.8 Å². The van der Waals surface area contributed by atoms with E-state index >= 15 is 0 Å². The monoisotopic (exact) mass is 1050 g/mol. The lowest BCUT2D eigenvalue weighted by atomic mass is 9.78. The number of rotatable bonds is 10. The van der Waals surface area contributed by atoms with E-state index in [1.807, 2.05) is 58.1 Å². The van der Waals surface area contributed by atoms with E-state index in [4.69, 9.17) is 33.2 Å². The molecule has 0 aromatic carbocycles. The van der Waals surface area contributed by atoms with E-state index in [1.54, 1.807) is 41.1 Å². The quantitative estimate of drug-likeness (QED) is 0.156. The zero-order chi connectivity index (χ0) is 55.4. The molecule has 2 N–H and O–H groups in total. The number of aliphatic hydroxyl groups is 2. The van der Waals surface area contributed by atoms with Gasteiger partial charge in [0.2, 0.25) is 5.79 Å². The third-order valence-corrected chi connectivity index (χ3v) is 17.6. The lowest BCUT2D eigenvalue weighted by Crippen LogP contribution is -2.61. The number of cyclic esters (lactones) is 1. The molecule has 1 amide bonds. The maximum Gasteiger partial charge on any atom is 0.329 e. The van der Waals surface area contributed by atoms with Crippen molar-refractivity contribution in [2.45, 2.75) is 238 Å². The standard InChI is InChI=1S/C60H95NO14/c1-14-44-34-52(59(10,15-2)74-44)72-48-27-25-43(32-51(48)70-12)31-39(6)50-35-47(62)38(5)30-41(8)54(64)55(71-13)53(63)40(7)29-36(3)21-17-16-18-22-37(4)49(69-11)33-45-26-24-42(9)60(68,75-45)56(65)57(66)61-28-20-19-23-46(61)58(67)73-50/h16-18,21-22,30,36,39-46,48-52,54-55,64,68H,14-15,19-20,23-29,31-35H2,1-13H3/b18-16?,21-17?,37-22?,38-30+/t36-,39+,40-,41?,42-,43?,44?,45+,46+,48?,49+,50+,51?,52?,54?,55+,59?,60-/m1/s1. The molecular weight excluding hydrogens is 959 g/mol. The second-order valence-electron chi connectivity index (χ2n) is 23.2. The smallest absolute Gasteiger partial charge is 0.329 e. The largest absolute Gasteiger partial charge is 0.460 e. The van der Waals surface area contributed by atoms with Gasteiger partial charge in [-0.3, -0.25) is 19.2 Å². The molecule has 0 aromatic rings. The van der Waals surface area contributed by atoms with Crippen LogP contribution in [0.5, 0.6) is 0 Å². The number of aliphatic hydroxyl groups excluding tert-OH is 1. The summed E-state index contributed by atoms with van der Waals surface area (Å²) >= 11 is 0. The number of hydrogen-bond acceptors (Lipinski definition) is 14. The number of carbonyl (C=O) groups excluding carboxylic acids is 5. The molecule has 4 heterocycles. The summed E-state index contributed by atoms with van der Waals surface area (Å²) in [5.41, 5.74) is 0.835. The van der Waals surface area contributed by atoms with Crippen LogP contribution in [-0.4, -0.2) is 145 Å². The minimum atomic E-state index is -2.43. The minimum Gasteiger partial charge on any atom is -0.460 e. The number of esters is 1. The van der Waals surface area contributed by atoms with E-state index in [1.165, 1.54) is 12.0 Å². The van der Waals surface area contributed by atoms with Crippen LogP contribution >= 0.6 is 0 Å². The number of fused-ring (bicyclic) bond motifs is 3. The molecule has 3 saturated heterocycles. The molecule has 15 heteroatoms. The summed E-state index contributed by atoms with van der Waals surface area (Å²) in [6, 6.07) is -1.14. The van der Waals surface area contributed by atoms with E-state index in [0.29, 0.717) is 56.9 Å². The number of ketones is 3. The molecule has 15 nitrogen and oxygen atoms in total. The molecule has 4 fully saturated rings. The fourth-order valence-corrected chi connectivity index (χ4v) is 12.2. The normalized spacial score (nSPS) is 40.1. The fraction of sp³-hybridized carbons (Fsp3) is 0.783. The Balaban J connectivity index is 1.44. The molecule has 4 aliphatic heterocycles. The summed E-state index contributed by atoms with van der Waals surface area (Å²) in [5.74, 6) is -7.84. The fourth-order valence-electron chi connectivity index (χ4n) is 12.2. The number of Topliss-reactive ketones (excluding diaryl/α,β-unsaturated/α-hetero) is 3. The maximum absolute atomic E-state index is 14.7. The van der Waals surface area contributed by atoms with Gasteiger partial charge in [-0.05, 0) is 127 Å². The number of hydrogen-bond donors (Lipinski definition) is 2. The Morgan fingerprint density at radius 2 is 1.57 bits per heavy atom. The van der Waals surface area contributed by atoms with Gasteiger partial charge >= 0.3 is 5.97 Å². The summed E-state index contributed by atoms with van der Waals surface area (Å²) in [7, 11) is 4.70. The van der Waals surface area contributed by atoms with Gasteiger partial charge in [0.05, 0.1) is 48.3 Å². The van der Waals surface area contributed by atoms with Crippen molar-refractivity contribution in [3.63, 3.8) is 0 Å². The van der Waals surface area contributed by atoms with Crippen LogP contribution < -0.4 is 0 Å². The highest BCUT2D eigenvalue weighted by molar-refractivity contribution is 6.39. The van der Waals surface area contributed by atoms with E-state index in [0.717, 1.165) is 37.7 Å². The van der Waals surface area contributed by atoms with E-state index in [9.17, 15) is 34.2 Å².